The molecular formula is C16H15N3O2. The number of fused-ring (bicyclic) bond motifs is 1. The quantitative estimate of drug-likeness (QED) is 0.725. The molecule has 5 heteroatoms. The maximum Gasteiger partial charge on any atom is 0.226 e. The van der Waals surface area contributed by atoms with Gasteiger partial charge in [-0.15, -0.1) is 0 Å². The molecule has 0 aliphatic carbocycles. The number of anilines is 1. The smallest absolute Gasteiger partial charge is 0.226 e. The number of H-pyrrole nitrogens is 1. The van der Waals surface area contributed by atoms with Crippen LogP contribution in [-0.2, 0) is 0 Å². The average molecular weight is 281 g/mol. The summed E-state index contributed by atoms with van der Waals surface area (Å²) in [5.74, 6) is 0.947. The molecule has 21 heavy (non-hydrogen) atoms. The molecule has 0 atom stereocenters. The van der Waals surface area contributed by atoms with E-state index in [0.29, 0.717) is 0 Å². The molecule has 0 saturated carbocycles. The second-order valence-electron chi connectivity index (χ2n) is 5.48. The van der Waals surface area contributed by atoms with Crippen LogP contribution in [0.5, 0.6) is 0 Å². The van der Waals surface area contributed by atoms with Crippen LogP contribution < -0.4 is 4.90 Å². The lowest BCUT2D eigenvalue weighted by Gasteiger charge is -2.15. The van der Waals surface area contributed by atoms with E-state index in [4.69, 9.17) is 9.15 Å². The Labute approximate surface area is 121 Å². The number of aromatic nitrogens is 1. The van der Waals surface area contributed by atoms with Crippen LogP contribution in [0.3, 0.4) is 0 Å². The van der Waals surface area contributed by atoms with Crippen molar-refractivity contribution < 1.29 is 9.15 Å². The predicted molar refractivity (Wildman–Crippen MR) is 79.2 cm³/mol. The minimum Gasteiger partial charge on any atom is -0.357 e. The number of nitrogens with zero attached hydrogens (tertiary/aromatic N) is 2. The van der Waals surface area contributed by atoms with E-state index in [9.17, 15) is 5.26 Å². The summed E-state index contributed by atoms with van der Waals surface area (Å²) in [7, 11) is 0. The average Bonchev–Trinajstić information content (AvgIpc) is 3.08. The van der Waals surface area contributed by atoms with Crippen molar-refractivity contribution in [1.29, 1.82) is 5.26 Å². The van der Waals surface area contributed by atoms with Gasteiger partial charge < -0.3 is 9.88 Å². The van der Waals surface area contributed by atoms with Gasteiger partial charge in [-0.2, -0.15) is 5.26 Å². The zero-order valence-electron chi connectivity index (χ0n) is 11.8. The first-order valence-corrected chi connectivity index (χ1v) is 7.14. The Morgan fingerprint density at radius 2 is 1.95 bits per heavy atom. The summed E-state index contributed by atoms with van der Waals surface area (Å²) in [6.45, 7) is 4.01. The van der Waals surface area contributed by atoms with Crippen LogP contribution in [0.15, 0.2) is 27.4 Å². The first-order chi connectivity index (χ1) is 10.3. The molecular weight excluding hydrogens is 266 g/mol. The molecule has 3 aromatic rings. The largest absolute Gasteiger partial charge is 0.357 e. The molecule has 0 bridgehead atoms. The Morgan fingerprint density at radius 1 is 1.19 bits per heavy atom. The lowest BCUT2D eigenvalue weighted by Crippen LogP contribution is -2.18. The SMILES string of the molecule is Cc1c(-c2ccc3ooc3c2)[nH]c(N2CCCC2)c1C#N. The number of hydrogen-bond acceptors (Lipinski definition) is 4. The molecule has 3 heterocycles. The number of hydrogen-bond donors (Lipinski definition) is 1. The van der Waals surface area contributed by atoms with E-state index in [2.05, 4.69) is 16.0 Å². The van der Waals surface area contributed by atoms with E-state index in [0.717, 1.165) is 52.5 Å². The Balaban J connectivity index is 1.84. The number of aromatic amines is 1. The molecule has 106 valence electrons. The first-order valence-electron chi connectivity index (χ1n) is 7.14. The maximum atomic E-state index is 9.49. The van der Waals surface area contributed by atoms with E-state index in [1.807, 2.05) is 25.1 Å². The highest BCUT2D eigenvalue weighted by Gasteiger charge is 2.22. The van der Waals surface area contributed by atoms with Gasteiger partial charge in [-0.05, 0) is 43.5 Å². The van der Waals surface area contributed by atoms with Gasteiger partial charge in [0.1, 0.15) is 11.9 Å². The highest BCUT2D eigenvalue weighted by atomic mass is 17.0. The molecule has 1 saturated heterocycles. The van der Waals surface area contributed by atoms with E-state index >= 15 is 0 Å². The summed E-state index contributed by atoms with van der Waals surface area (Å²) in [6.07, 6.45) is 2.37. The molecule has 1 N–H and O–H groups in total. The minimum absolute atomic E-state index is 0.739. The Bertz CT molecular complexity index is 841. The van der Waals surface area contributed by atoms with Gasteiger partial charge >= 0.3 is 0 Å². The molecule has 0 spiro atoms. The molecule has 5 nitrogen and oxygen atoms in total. The fraction of sp³-hybridized carbons (Fsp3) is 0.312. The normalized spacial score (nSPS) is 15.0. The number of benzene rings is 1. The van der Waals surface area contributed by atoms with Crippen molar-refractivity contribution >= 4 is 17.0 Å². The van der Waals surface area contributed by atoms with E-state index in [1.54, 1.807) is 0 Å². The van der Waals surface area contributed by atoms with Crippen LogP contribution >= 0.6 is 0 Å². The van der Waals surface area contributed by atoms with Gasteiger partial charge in [-0.1, -0.05) is 0 Å². The van der Waals surface area contributed by atoms with E-state index in [1.165, 1.54) is 12.8 Å². The molecule has 0 amide bonds. The number of nitrogens with one attached hydrogen (secondary N) is 1. The van der Waals surface area contributed by atoms with E-state index in [-0.39, 0.29) is 0 Å². The van der Waals surface area contributed by atoms with Crippen LogP contribution in [0.1, 0.15) is 24.0 Å². The van der Waals surface area contributed by atoms with Crippen LogP contribution in [-0.4, -0.2) is 18.1 Å². The zero-order valence-corrected chi connectivity index (χ0v) is 11.8. The van der Waals surface area contributed by atoms with Crippen molar-refractivity contribution in [2.45, 2.75) is 19.8 Å². The maximum absolute atomic E-state index is 9.49. The number of rotatable bonds is 2. The third-order valence-corrected chi connectivity index (χ3v) is 4.22. The van der Waals surface area contributed by atoms with Gasteiger partial charge in [0.05, 0.1) is 11.3 Å². The third-order valence-electron chi connectivity index (χ3n) is 4.22. The zero-order chi connectivity index (χ0) is 14.4. The molecule has 0 radical (unpaired) electrons. The van der Waals surface area contributed by atoms with Crippen molar-refractivity contribution in [1.82, 2.24) is 4.98 Å². The van der Waals surface area contributed by atoms with Crippen molar-refractivity contribution in [3.8, 4) is 17.3 Å². The second kappa shape index (κ2) is 4.45. The van der Waals surface area contributed by atoms with Crippen LogP contribution in [0.4, 0.5) is 5.82 Å². The molecule has 4 rings (SSSR count). The lowest BCUT2D eigenvalue weighted by molar-refractivity contribution is 0.0590. The third kappa shape index (κ3) is 1.76. The summed E-state index contributed by atoms with van der Waals surface area (Å²) in [4.78, 5) is 5.70. The van der Waals surface area contributed by atoms with Gasteiger partial charge in [-0.3, -0.25) is 9.15 Å². The Hall–Kier alpha value is -2.61. The molecule has 1 aromatic carbocycles. The highest BCUT2D eigenvalue weighted by Crippen LogP contribution is 2.35. The summed E-state index contributed by atoms with van der Waals surface area (Å²) < 4.78 is 9.81. The summed E-state index contributed by atoms with van der Waals surface area (Å²) in [5, 5.41) is 9.49. The molecule has 0 unspecified atom stereocenters. The van der Waals surface area contributed by atoms with Crippen LogP contribution in [0, 0.1) is 18.3 Å². The van der Waals surface area contributed by atoms with Gasteiger partial charge in [-0.25, -0.2) is 0 Å². The summed E-state index contributed by atoms with van der Waals surface area (Å²) >= 11 is 0. The van der Waals surface area contributed by atoms with Crippen molar-refractivity contribution in [2.24, 2.45) is 0 Å². The molecule has 2 aromatic heterocycles. The summed E-state index contributed by atoms with van der Waals surface area (Å²) in [6, 6.07) is 8.15. The predicted octanol–water partition coefficient (Wildman–Crippen LogP) is 3.80. The molecule has 1 fully saturated rings. The van der Waals surface area contributed by atoms with Gasteiger partial charge in [0.2, 0.25) is 11.2 Å². The van der Waals surface area contributed by atoms with Gasteiger partial charge in [0.25, 0.3) is 0 Å². The fourth-order valence-corrected chi connectivity index (χ4v) is 3.03. The Kier molecular flexibility index (Phi) is 2.58. The molecule has 1 aliphatic rings. The van der Waals surface area contributed by atoms with Crippen molar-refractivity contribution in [2.75, 3.05) is 18.0 Å². The van der Waals surface area contributed by atoms with Crippen LogP contribution in [0.2, 0.25) is 0 Å². The first kappa shape index (κ1) is 12.2. The topological polar surface area (TPSA) is 69.1 Å². The van der Waals surface area contributed by atoms with Crippen molar-refractivity contribution in [3.05, 3.63) is 29.3 Å². The minimum atomic E-state index is 0.739. The Morgan fingerprint density at radius 3 is 2.57 bits per heavy atom. The number of nitriles is 1. The fourth-order valence-electron chi connectivity index (χ4n) is 3.03. The monoisotopic (exact) mass is 281 g/mol. The van der Waals surface area contributed by atoms with Crippen molar-refractivity contribution in [3.63, 3.8) is 0 Å². The summed E-state index contributed by atoms with van der Waals surface area (Å²) in [5.41, 5.74) is 5.21. The molecule has 1 aliphatic heterocycles. The van der Waals surface area contributed by atoms with Gasteiger partial charge in [0.15, 0.2) is 0 Å². The standard InChI is InChI=1S/C16H15N3O2/c1-10-12(9-17)16(19-6-2-3-7-19)18-15(10)11-4-5-13-14(8-11)21-20-13/h4-5,8,18H,2-3,6-7H2,1H3. The highest BCUT2D eigenvalue weighted by molar-refractivity contribution is 5.81. The lowest BCUT2D eigenvalue weighted by atomic mass is 10.1. The van der Waals surface area contributed by atoms with Crippen LogP contribution in [0.25, 0.3) is 22.4 Å². The second-order valence-corrected chi connectivity index (χ2v) is 5.48. The van der Waals surface area contributed by atoms with E-state index < -0.39 is 0 Å². The van der Waals surface area contributed by atoms with Gasteiger partial charge in [0, 0.05) is 18.7 Å².